The number of aromatic hydroxyl groups is 1. The highest BCUT2D eigenvalue weighted by molar-refractivity contribution is 9.10. The molecule has 1 aromatic rings. The first-order valence-corrected chi connectivity index (χ1v) is 8.47. The number of carbonyl (C=O) groups is 2. The molecule has 2 bridgehead atoms. The fourth-order valence-corrected chi connectivity index (χ4v) is 4.41. The van der Waals surface area contributed by atoms with Gasteiger partial charge in [0.1, 0.15) is 0 Å². The Morgan fingerprint density at radius 3 is 2.46 bits per heavy atom. The summed E-state index contributed by atoms with van der Waals surface area (Å²) in [7, 11) is 1.44. The van der Waals surface area contributed by atoms with Crippen molar-refractivity contribution in [3.8, 4) is 11.5 Å². The number of ether oxygens (including phenoxy) is 1. The Hall–Kier alpha value is -2.15. The zero-order valence-corrected chi connectivity index (χ0v) is 14.4. The summed E-state index contributed by atoms with van der Waals surface area (Å²) in [6.45, 7) is 0. The molecule has 7 heteroatoms. The van der Waals surface area contributed by atoms with Gasteiger partial charge < -0.3 is 9.84 Å². The molecule has 3 aliphatic rings. The molecule has 24 heavy (non-hydrogen) atoms. The number of halogens is 1. The number of hydrogen-bond donors (Lipinski definition) is 1. The van der Waals surface area contributed by atoms with E-state index in [0.29, 0.717) is 10.0 Å². The molecule has 2 amide bonds. The first-order chi connectivity index (χ1) is 11.5. The van der Waals surface area contributed by atoms with Crippen LogP contribution in [0.5, 0.6) is 11.5 Å². The minimum atomic E-state index is -0.259. The van der Waals surface area contributed by atoms with Crippen LogP contribution < -0.4 is 4.74 Å². The Labute approximate surface area is 146 Å². The second kappa shape index (κ2) is 5.44. The highest BCUT2D eigenvalue weighted by Gasteiger charge is 2.59. The highest BCUT2D eigenvalue weighted by atomic mass is 79.9. The number of methoxy groups -OCH3 is 1. The van der Waals surface area contributed by atoms with Gasteiger partial charge in [-0.2, -0.15) is 10.1 Å². The second-order valence-electron chi connectivity index (χ2n) is 6.29. The number of hydrazone groups is 1. The van der Waals surface area contributed by atoms with Crippen LogP contribution in [0.15, 0.2) is 33.9 Å². The number of benzene rings is 1. The molecule has 2 fully saturated rings. The second-order valence-corrected chi connectivity index (χ2v) is 7.14. The van der Waals surface area contributed by atoms with Crippen LogP contribution >= 0.6 is 15.9 Å². The van der Waals surface area contributed by atoms with E-state index in [1.165, 1.54) is 13.3 Å². The van der Waals surface area contributed by atoms with E-state index in [4.69, 9.17) is 4.74 Å². The van der Waals surface area contributed by atoms with E-state index in [0.717, 1.165) is 11.4 Å². The van der Waals surface area contributed by atoms with Crippen LogP contribution in [-0.2, 0) is 9.59 Å². The predicted molar refractivity (Wildman–Crippen MR) is 89.5 cm³/mol. The van der Waals surface area contributed by atoms with Crippen LogP contribution in [0.2, 0.25) is 0 Å². The summed E-state index contributed by atoms with van der Waals surface area (Å²) in [5, 5.41) is 14.9. The van der Waals surface area contributed by atoms with Crippen molar-refractivity contribution in [2.45, 2.75) is 6.42 Å². The number of fused-ring (bicyclic) bond motifs is 5. The zero-order valence-electron chi connectivity index (χ0n) is 12.8. The Bertz CT molecular complexity index is 774. The molecule has 1 saturated heterocycles. The number of phenolic OH excluding ortho intramolecular Hbond substituents is 1. The Morgan fingerprint density at radius 1 is 1.25 bits per heavy atom. The van der Waals surface area contributed by atoms with E-state index in [1.807, 2.05) is 12.2 Å². The highest BCUT2D eigenvalue weighted by Crippen LogP contribution is 2.52. The monoisotopic (exact) mass is 390 g/mol. The number of carbonyl (C=O) groups excluding carboxylic acids is 2. The molecule has 124 valence electrons. The third-order valence-corrected chi connectivity index (χ3v) is 5.64. The molecular weight excluding hydrogens is 376 g/mol. The SMILES string of the molecule is COc1cc(C=NN2C(=O)[C@@H]3[C@H](C2=O)[C@H]2C=C[C@H]3C2)cc(Br)c1O. The van der Waals surface area contributed by atoms with Crippen molar-refractivity contribution in [2.75, 3.05) is 7.11 Å². The lowest BCUT2D eigenvalue weighted by Gasteiger charge is -2.13. The van der Waals surface area contributed by atoms with Gasteiger partial charge in [0.15, 0.2) is 11.5 Å². The van der Waals surface area contributed by atoms with E-state index in [2.05, 4.69) is 21.0 Å². The van der Waals surface area contributed by atoms with Crippen LogP contribution in [0.4, 0.5) is 0 Å². The lowest BCUT2D eigenvalue weighted by Crippen LogP contribution is -2.28. The van der Waals surface area contributed by atoms with Gasteiger partial charge in [-0.25, -0.2) is 0 Å². The summed E-state index contributed by atoms with van der Waals surface area (Å²) in [5.41, 5.74) is 0.607. The molecule has 0 spiro atoms. The summed E-state index contributed by atoms with van der Waals surface area (Å²) in [6, 6.07) is 3.22. The van der Waals surface area contributed by atoms with Gasteiger partial charge in [0.25, 0.3) is 11.8 Å². The lowest BCUT2D eigenvalue weighted by molar-refractivity contribution is -0.140. The van der Waals surface area contributed by atoms with Gasteiger partial charge in [-0.05, 0) is 51.9 Å². The number of phenols is 1. The lowest BCUT2D eigenvalue weighted by atomic mass is 9.85. The molecule has 1 aliphatic heterocycles. The third kappa shape index (κ3) is 2.11. The summed E-state index contributed by atoms with van der Waals surface area (Å²) in [5.74, 6) is -0.356. The maximum Gasteiger partial charge on any atom is 0.254 e. The van der Waals surface area contributed by atoms with Crippen LogP contribution in [0, 0.1) is 23.7 Å². The van der Waals surface area contributed by atoms with Gasteiger partial charge in [0.05, 0.1) is 29.6 Å². The summed E-state index contributed by atoms with van der Waals surface area (Å²) in [4.78, 5) is 25.1. The maximum absolute atomic E-state index is 12.5. The van der Waals surface area contributed by atoms with E-state index in [-0.39, 0.29) is 47.0 Å². The van der Waals surface area contributed by atoms with Crippen molar-refractivity contribution >= 4 is 34.0 Å². The zero-order chi connectivity index (χ0) is 17.0. The molecule has 0 aromatic heterocycles. The standard InChI is InChI=1S/C17H15BrN2O4/c1-24-12-5-8(4-11(18)15(12)21)7-19-20-16(22)13-9-2-3-10(6-9)14(13)17(20)23/h2-5,7,9-10,13-14,21H,6H2,1H3/t9-,10-,13-,14+/m0/s1. The first-order valence-electron chi connectivity index (χ1n) is 7.68. The molecule has 1 saturated carbocycles. The van der Waals surface area contributed by atoms with Crippen LogP contribution in [-0.4, -0.2) is 35.3 Å². The number of imide groups is 1. The molecule has 0 radical (unpaired) electrons. The number of amides is 2. The Morgan fingerprint density at radius 2 is 1.88 bits per heavy atom. The minimum absolute atomic E-state index is 0.0137. The fraction of sp³-hybridized carbons (Fsp3) is 0.353. The Kier molecular flexibility index (Phi) is 3.49. The first kappa shape index (κ1) is 15.4. The quantitative estimate of drug-likeness (QED) is 0.487. The third-order valence-electron chi connectivity index (χ3n) is 5.04. The molecule has 6 nitrogen and oxygen atoms in total. The largest absolute Gasteiger partial charge is 0.503 e. The van der Waals surface area contributed by atoms with Gasteiger partial charge in [-0.15, -0.1) is 0 Å². The number of rotatable bonds is 3. The maximum atomic E-state index is 12.5. The van der Waals surface area contributed by atoms with Crippen LogP contribution in [0.3, 0.4) is 0 Å². The van der Waals surface area contributed by atoms with Gasteiger partial charge in [0, 0.05) is 0 Å². The van der Waals surface area contributed by atoms with Crippen molar-refractivity contribution in [2.24, 2.45) is 28.8 Å². The molecule has 2 aliphatic carbocycles. The van der Waals surface area contributed by atoms with Gasteiger partial charge in [0.2, 0.25) is 0 Å². The minimum Gasteiger partial charge on any atom is -0.503 e. The normalized spacial score (nSPS) is 30.7. The number of nitrogens with zero attached hydrogens (tertiary/aromatic N) is 2. The number of hydrogen-bond acceptors (Lipinski definition) is 5. The summed E-state index contributed by atoms with van der Waals surface area (Å²) < 4.78 is 5.53. The Balaban J connectivity index is 1.60. The van der Waals surface area contributed by atoms with Gasteiger partial charge in [-0.3, -0.25) is 9.59 Å². The van der Waals surface area contributed by atoms with Crippen molar-refractivity contribution < 1.29 is 19.4 Å². The molecule has 1 N–H and O–H groups in total. The fourth-order valence-electron chi connectivity index (χ4n) is 3.95. The van der Waals surface area contributed by atoms with E-state index < -0.39 is 0 Å². The summed E-state index contributed by atoms with van der Waals surface area (Å²) in [6.07, 6.45) is 6.42. The van der Waals surface area contributed by atoms with Crippen molar-refractivity contribution in [3.63, 3.8) is 0 Å². The topological polar surface area (TPSA) is 79.2 Å². The average molecular weight is 391 g/mol. The van der Waals surface area contributed by atoms with Crippen LogP contribution in [0.25, 0.3) is 0 Å². The molecular formula is C17H15BrN2O4. The molecule has 4 rings (SSSR count). The molecule has 1 aromatic carbocycles. The molecule has 1 heterocycles. The molecule has 4 atom stereocenters. The van der Waals surface area contributed by atoms with Crippen molar-refractivity contribution in [1.82, 2.24) is 5.01 Å². The van der Waals surface area contributed by atoms with Crippen LogP contribution in [0.1, 0.15) is 12.0 Å². The van der Waals surface area contributed by atoms with E-state index in [9.17, 15) is 14.7 Å². The average Bonchev–Trinajstić information content (AvgIpc) is 3.23. The number of allylic oxidation sites excluding steroid dienone is 2. The van der Waals surface area contributed by atoms with E-state index >= 15 is 0 Å². The molecule has 0 unspecified atom stereocenters. The van der Waals surface area contributed by atoms with Gasteiger partial charge in [-0.1, -0.05) is 12.2 Å². The van der Waals surface area contributed by atoms with Crippen molar-refractivity contribution in [3.05, 3.63) is 34.3 Å². The van der Waals surface area contributed by atoms with E-state index in [1.54, 1.807) is 12.1 Å². The smallest absolute Gasteiger partial charge is 0.254 e. The summed E-state index contributed by atoms with van der Waals surface area (Å²) >= 11 is 3.23. The predicted octanol–water partition coefficient (Wildman–Crippen LogP) is 2.30. The van der Waals surface area contributed by atoms with Crippen molar-refractivity contribution in [1.29, 1.82) is 0 Å². The van der Waals surface area contributed by atoms with Gasteiger partial charge >= 0.3 is 0 Å².